The average molecular weight is 337 g/mol. The molecule has 1 aliphatic rings. The predicted molar refractivity (Wildman–Crippen MR) is 97.7 cm³/mol. The van der Waals surface area contributed by atoms with Gasteiger partial charge >= 0.3 is 0 Å². The van der Waals surface area contributed by atoms with Gasteiger partial charge in [-0.25, -0.2) is 9.97 Å². The maximum atomic E-state index is 12.2. The number of benzene rings is 1. The van der Waals surface area contributed by atoms with Crippen molar-refractivity contribution in [1.29, 1.82) is 0 Å². The van der Waals surface area contributed by atoms with Crippen molar-refractivity contribution in [1.82, 2.24) is 14.5 Å². The Morgan fingerprint density at radius 2 is 1.88 bits per heavy atom. The summed E-state index contributed by atoms with van der Waals surface area (Å²) in [6, 6.07) is 9.97. The zero-order chi connectivity index (χ0) is 17.4. The van der Waals surface area contributed by atoms with Gasteiger partial charge in [-0.15, -0.1) is 0 Å². The van der Waals surface area contributed by atoms with Gasteiger partial charge in [0.15, 0.2) is 0 Å². The molecule has 0 atom stereocenters. The molecule has 7 nitrogen and oxygen atoms in total. The van der Waals surface area contributed by atoms with Gasteiger partial charge < -0.3 is 19.9 Å². The zero-order valence-electron chi connectivity index (χ0n) is 14.0. The number of morpholine rings is 1. The molecular weight excluding hydrogens is 318 g/mol. The van der Waals surface area contributed by atoms with Gasteiger partial charge in [0, 0.05) is 31.4 Å². The maximum Gasteiger partial charge on any atom is 0.264 e. The lowest BCUT2D eigenvalue weighted by molar-refractivity contribution is 0.122. The van der Waals surface area contributed by atoms with Crippen molar-refractivity contribution in [2.24, 2.45) is 7.05 Å². The van der Waals surface area contributed by atoms with Crippen LogP contribution in [0.2, 0.25) is 0 Å². The summed E-state index contributed by atoms with van der Waals surface area (Å²) in [5.41, 5.74) is 9.20. The maximum absolute atomic E-state index is 12.2. The largest absolute Gasteiger partial charge is 0.383 e. The summed E-state index contributed by atoms with van der Waals surface area (Å²) in [5, 5.41) is 0.360. The summed E-state index contributed by atoms with van der Waals surface area (Å²) in [6.45, 7) is 3.30. The fraction of sp³-hybridized carbons (Fsp3) is 0.278. The third-order valence-electron chi connectivity index (χ3n) is 4.47. The highest BCUT2D eigenvalue weighted by molar-refractivity contribution is 5.90. The number of aromatic nitrogens is 3. The summed E-state index contributed by atoms with van der Waals surface area (Å²) >= 11 is 0. The minimum atomic E-state index is -0.191. The molecule has 0 spiro atoms. The van der Waals surface area contributed by atoms with Gasteiger partial charge in [0.2, 0.25) is 0 Å². The number of rotatable bonds is 2. The highest BCUT2D eigenvalue weighted by Gasteiger charge is 2.13. The minimum Gasteiger partial charge on any atom is -0.383 e. The predicted octanol–water partition coefficient (Wildman–Crippen LogP) is 1.41. The number of fused-ring (bicyclic) bond motifs is 1. The average Bonchev–Trinajstić information content (AvgIpc) is 2.65. The van der Waals surface area contributed by atoms with Crippen molar-refractivity contribution in [3.8, 4) is 11.3 Å². The van der Waals surface area contributed by atoms with Crippen molar-refractivity contribution >= 4 is 22.4 Å². The van der Waals surface area contributed by atoms with Gasteiger partial charge in [-0.2, -0.15) is 0 Å². The van der Waals surface area contributed by atoms with Crippen LogP contribution in [0.3, 0.4) is 0 Å². The fourth-order valence-electron chi connectivity index (χ4n) is 3.06. The molecule has 128 valence electrons. The van der Waals surface area contributed by atoms with Crippen molar-refractivity contribution in [2.45, 2.75) is 0 Å². The van der Waals surface area contributed by atoms with E-state index in [1.54, 1.807) is 13.1 Å². The lowest BCUT2D eigenvalue weighted by Gasteiger charge is -2.28. The Hall–Kier alpha value is -2.93. The van der Waals surface area contributed by atoms with E-state index in [1.807, 2.05) is 12.1 Å². The Labute approximate surface area is 144 Å². The van der Waals surface area contributed by atoms with Crippen LogP contribution in [0.4, 0.5) is 11.5 Å². The number of nitrogens with two attached hydrogens (primary N) is 1. The lowest BCUT2D eigenvalue weighted by atomic mass is 10.1. The number of pyridine rings is 1. The monoisotopic (exact) mass is 337 g/mol. The standard InChI is InChI=1S/C18H19N5O2/c1-22-11-20-15-10-14(21-17(19)16(15)18(22)24)12-2-4-13(5-3-12)23-6-8-25-9-7-23/h2-5,10-11H,6-9H2,1H3,(H2,19,21). The van der Waals surface area contributed by atoms with Crippen molar-refractivity contribution in [3.63, 3.8) is 0 Å². The second-order valence-corrected chi connectivity index (χ2v) is 6.09. The third kappa shape index (κ3) is 2.83. The number of anilines is 2. The topological polar surface area (TPSA) is 86.3 Å². The number of hydrogen-bond acceptors (Lipinski definition) is 6. The van der Waals surface area contributed by atoms with E-state index in [0.29, 0.717) is 16.6 Å². The molecule has 0 saturated carbocycles. The number of nitrogen functional groups attached to an aromatic ring is 1. The van der Waals surface area contributed by atoms with Gasteiger partial charge in [0.1, 0.15) is 11.2 Å². The number of aryl methyl sites for hydroxylation is 1. The molecular formula is C18H19N5O2. The lowest BCUT2D eigenvalue weighted by Crippen LogP contribution is -2.36. The molecule has 4 rings (SSSR count). The molecule has 0 amide bonds. The van der Waals surface area contributed by atoms with E-state index < -0.39 is 0 Å². The number of ether oxygens (including phenoxy) is 1. The van der Waals surface area contributed by atoms with E-state index in [9.17, 15) is 4.79 Å². The Morgan fingerprint density at radius 1 is 1.16 bits per heavy atom. The first-order chi connectivity index (χ1) is 12.1. The summed E-state index contributed by atoms with van der Waals surface area (Å²) in [7, 11) is 1.65. The molecule has 7 heteroatoms. The van der Waals surface area contributed by atoms with E-state index in [2.05, 4.69) is 27.0 Å². The first-order valence-corrected chi connectivity index (χ1v) is 8.18. The summed E-state index contributed by atoms with van der Waals surface area (Å²) < 4.78 is 6.79. The zero-order valence-corrected chi connectivity index (χ0v) is 14.0. The molecule has 3 heterocycles. The molecule has 1 fully saturated rings. The first-order valence-electron chi connectivity index (χ1n) is 8.18. The molecule has 1 aliphatic heterocycles. The van der Waals surface area contributed by atoms with Gasteiger partial charge in [0.25, 0.3) is 5.56 Å². The highest BCUT2D eigenvalue weighted by Crippen LogP contribution is 2.25. The van der Waals surface area contributed by atoms with Gasteiger partial charge in [-0.3, -0.25) is 4.79 Å². The van der Waals surface area contributed by atoms with Crippen molar-refractivity contribution in [3.05, 3.63) is 47.0 Å². The van der Waals surface area contributed by atoms with Crippen LogP contribution in [0.15, 0.2) is 41.5 Å². The van der Waals surface area contributed by atoms with Crippen molar-refractivity contribution < 1.29 is 4.74 Å². The molecule has 0 radical (unpaired) electrons. The van der Waals surface area contributed by atoms with E-state index >= 15 is 0 Å². The molecule has 0 bridgehead atoms. The van der Waals surface area contributed by atoms with Crippen LogP contribution < -0.4 is 16.2 Å². The molecule has 1 saturated heterocycles. The molecule has 3 aromatic rings. The second-order valence-electron chi connectivity index (χ2n) is 6.09. The Kier molecular flexibility index (Phi) is 3.85. The van der Waals surface area contributed by atoms with E-state index in [-0.39, 0.29) is 11.4 Å². The number of hydrogen-bond donors (Lipinski definition) is 1. The van der Waals surface area contributed by atoms with Gasteiger partial charge in [0.05, 0.1) is 30.8 Å². The van der Waals surface area contributed by atoms with E-state index in [0.717, 1.165) is 37.6 Å². The second kappa shape index (κ2) is 6.18. The van der Waals surface area contributed by atoms with Crippen LogP contribution in [0.1, 0.15) is 0 Å². The summed E-state index contributed by atoms with van der Waals surface area (Å²) in [4.78, 5) is 23.2. The molecule has 2 N–H and O–H groups in total. The molecule has 0 aliphatic carbocycles. The van der Waals surface area contributed by atoms with Gasteiger partial charge in [-0.05, 0) is 18.2 Å². The smallest absolute Gasteiger partial charge is 0.264 e. The van der Waals surface area contributed by atoms with Gasteiger partial charge in [-0.1, -0.05) is 12.1 Å². The van der Waals surface area contributed by atoms with Crippen LogP contribution in [-0.2, 0) is 11.8 Å². The Bertz CT molecular complexity index is 975. The molecule has 0 unspecified atom stereocenters. The highest BCUT2D eigenvalue weighted by atomic mass is 16.5. The first kappa shape index (κ1) is 15.6. The quantitative estimate of drug-likeness (QED) is 0.761. The SMILES string of the molecule is Cn1cnc2cc(-c3ccc(N4CCOCC4)cc3)nc(N)c2c1=O. The van der Waals surface area contributed by atoms with E-state index in [4.69, 9.17) is 10.5 Å². The third-order valence-corrected chi connectivity index (χ3v) is 4.47. The molecule has 2 aromatic heterocycles. The number of nitrogens with zero attached hydrogens (tertiary/aromatic N) is 4. The Balaban J connectivity index is 1.72. The van der Waals surface area contributed by atoms with Crippen LogP contribution in [0.5, 0.6) is 0 Å². The van der Waals surface area contributed by atoms with Crippen molar-refractivity contribution in [2.75, 3.05) is 36.9 Å². The van der Waals surface area contributed by atoms with Crippen LogP contribution in [0.25, 0.3) is 22.2 Å². The fourth-order valence-corrected chi connectivity index (χ4v) is 3.06. The van der Waals surface area contributed by atoms with E-state index in [1.165, 1.54) is 10.9 Å². The Morgan fingerprint density at radius 3 is 2.60 bits per heavy atom. The minimum absolute atomic E-state index is 0.191. The van der Waals surface area contributed by atoms with Crippen LogP contribution in [-0.4, -0.2) is 40.8 Å². The normalized spacial score (nSPS) is 14.8. The van der Waals surface area contributed by atoms with Crippen LogP contribution in [0, 0.1) is 0 Å². The summed E-state index contributed by atoms with van der Waals surface area (Å²) in [6.07, 6.45) is 1.50. The van der Waals surface area contributed by atoms with Crippen LogP contribution >= 0.6 is 0 Å². The summed E-state index contributed by atoms with van der Waals surface area (Å²) in [5.74, 6) is 0.207. The molecule has 1 aromatic carbocycles. The molecule has 25 heavy (non-hydrogen) atoms.